The van der Waals surface area contributed by atoms with Crippen LogP contribution in [0.4, 0.5) is 4.79 Å². The fourth-order valence-electron chi connectivity index (χ4n) is 3.76. The zero-order valence-electron chi connectivity index (χ0n) is 24.2. The van der Waals surface area contributed by atoms with Crippen molar-refractivity contribution in [1.82, 2.24) is 16.0 Å². The molecule has 3 amide bonds. The number of aliphatic hydroxyl groups is 1. The van der Waals surface area contributed by atoms with Crippen molar-refractivity contribution in [1.29, 1.82) is 0 Å². The molecule has 0 saturated carbocycles. The van der Waals surface area contributed by atoms with E-state index in [4.69, 9.17) is 7.48 Å². The van der Waals surface area contributed by atoms with Crippen LogP contribution >= 0.6 is 11.8 Å². The molecule has 0 aromatic heterocycles. The van der Waals surface area contributed by atoms with Crippen LogP contribution in [0.15, 0.2) is 35.2 Å². The molecule has 0 spiro atoms. The van der Waals surface area contributed by atoms with Crippen molar-refractivity contribution < 1.29 is 69.5 Å². The number of thioether (sulfide) groups is 1. The van der Waals surface area contributed by atoms with Crippen LogP contribution in [0.2, 0.25) is 0 Å². The molecular weight excluding hydrogens is 545 g/mol. The molecule has 2 rings (SSSR count). The average molecular weight is 584 g/mol. The summed E-state index contributed by atoms with van der Waals surface area (Å²) in [6.45, 7) is 4.47. The Hall–Kier alpha value is -1.35. The van der Waals surface area contributed by atoms with Gasteiger partial charge in [-0.1, -0.05) is 32.0 Å². The van der Waals surface area contributed by atoms with Gasteiger partial charge in [-0.15, -0.1) is 11.8 Å². The van der Waals surface area contributed by atoms with Gasteiger partial charge in [0.15, 0.2) is 5.44 Å². The summed E-state index contributed by atoms with van der Waals surface area (Å²) in [5.74, 6) is -2.21. The zero-order valence-corrected chi connectivity index (χ0v) is 25.9. The first-order chi connectivity index (χ1) is 17.9. The molecular formula is C24H36N3NaO8S2. The van der Waals surface area contributed by atoms with Gasteiger partial charge < -0.3 is 30.3 Å². The summed E-state index contributed by atoms with van der Waals surface area (Å²) in [6, 6.07) is 6.03. The maximum atomic E-state index is 13.1. The quantitative estimate of drug-likeness (QED) is 0.123. The number of carbonyl (C=O) groups excluding carboxylic acids is 3. The molecule has 4 atom stereocenters. The first kappa shape index (κ1) is 31.2. The SMILES string of the molecule is [2H]C([2H])(OC(=O)N[C@@H](CC(C)C)C(=O)N[C@@H](C[C@@H]1CCNC1=O)C(O)S(=O)(=O)[O-])C(C)(C)Sc1ccccc1.[Na+]. The summed E-state index contributed by atoms with van der Waals surface area (Å²) in [7, 11) is -5.25. The van der Waals surface area contributed by atoms with E-state index in [1.807, 2.05) is 6.07 Å². The molecule has 1 aromatic rings. The molecule has 11 nitrogen and oxygen atoms in total. The van der Waals surface area contributed by atoms with Crippen LogP contribution in [0.3, 0.4) is 0 Å². The van der Waals surface area contributed by atoms with Crippen molar-refractivity contribution >= 4 is 39.8 Å². The minimum absolute atomic E-state index is 0. The molecule has 208 valence electrons. The number of hydrogen-bond donors (Lipinski definition) is 4. The van der Waals surface area contributed by atoms with E-state index in [1.165, 1.54) is 0 Å². The summed E-state index contributed by atoms with van der Waals surface area (Å²) < 4.78 is 55.2. The molecule has 1 fully saturated rings. The van der Waals surface area contributed by atoms with Crippen LogP contribution in [0.5, 0.6) is 0 Å². The predicted octanol–water partition coefficient (Wildman–Crippen LogP) is -1.42. The van der Waals surface area contributed by atoms with Gasteiger partial charge in [-0.2, -0.15) is 0 Å². The minimum Gasteiger partial charge on any atom is -0.746 e. The van der Waals surface area contributed by atoms with Crippen LogP contribution < -0.4 is 45.5 Å². The Morgan fingerprint density at radius 2 is 1.92 bits per heavy atom. The number of carbonyl (C=O) groups is 3. The fourth-order valence-corrected chi connectivity index (χ4v) is 5.30. The summed E-state index contributed by atoms with van der Waals surface area (Å²) in [6.07, 6.45) is -1.18. The monoisotopic (exact) mass is 583 g/mol. The van der Waals surface area contributed by atoms with Gasteiger partial charge in [0, 0.05) is 22.1 Å². The van der Waals surface area contributed by atoms with Gasteiger partial charge in [0.25, 0.3) is 0 Å². The number of benzene rings is 1. The van der Waals surface area contributed by atoms with Crippen LogP contribution in [0, 0.1) is 11.8 Å². The summed E-state index contributed by atoms with van der Waals surface area (Å²) in [4.78, 5) is 38.6. The maximum Gasteiger partial charge on any atom is 1.00 e. The van der Waals surface area contributed by atoms with Crippen LogP contribution in [-0.4, -0.2) is 71.4 Å². The molecule has 38 heavy (non-hydrogen) atoms. The Morgan fingerprint density at radius 3 is 2.45 bits per heavy atom. The molecule has 1 aliphatic heterocycles. The summed E-state index contributed by atoms with van der Waals surface area (Å²) >= 11 is 1.15. The van der Waals surface area contributed by atoms with Gasteiger partial charge >= 0.3 is 35.7 Å². The van der Waals surface area contributed by atoms with E-state index in [0.29, 0.717) is 13.0 Å². The second kappa shape index (κ2) is 15.4. The van der Waals surface area contributed by atoms with E-state index in [-0.39, 0.29) is 48.3 Å². The van der Waals surface area contributed by atoms with E-state index >= 15 is 0 Å². The molecule has 0 aliphatic carbocycles. The Kier molecular flexibility index (Phi) is 12.7. The second-order valence-electron chi connectivity index (χ2n) is 9.75. The summed E-state index contributed by atoms with van der Waals surface area (Å²) in [5, 5.41) is 17.3. The Bertz CT molecular complexity index is 1130. The molecule has 0 radical (unpaired) electrons. The van der Waals surface area contributed by atoms with Crippen molar-refractivity contribution in [2.45, 2.75) is 74.1 Å². The maximum absolute atomic E-state index is 13.1. The number of amides is 3. The largest absolute Gasteiger partial charge is 1.00 e. The van der Waals surface area contributed by atoms with Gasteiger partial charge in [0.05, 0.1) is 8.78 Å². The first-order valence-corrected chi connectivity index (χ1v) is 14.2. The molecule has 0 bridgehead atoms. The van der Waals surface area contributed by atoms with Crippen LogP contribution in [0.25, 0.3) is 0 Å². The molecule has 1 aromatic carbocycles. The molecule has 1 aliphatic rings. The van der Waals surface area contributed by atoms with Gasteiger partial charge in [-0.3, -0.25) is 9.59 Å². The third-order valence-corrected chi connectivity index (χ3v) is 7.51. The van der Waals surface area contributed by atoms with Crippen molar-refractivity contribution in [3.63, 3.8) is 0 Å². The number of aliphatic hydroxyl groups excluding tert-OH is 1. The number of rotatable bonds is 13. The van der Waals surface area contributed by atoms with Crippen molar-refractivity contribution in [3.05, 3.63) is 30.3 Å². The van der Waals surface area contributed by atoms with Gasteiger partial charge in [-0.05, 0) is 51.2 Å². The molecule has 4 N–H and O–H groups in total. The Labute approximate surface area is 253 Å². The second-order valence-corrected chi connectivity index (χ2v) is 12.9. The van der Waals surface area contributed by atoms with E-state index in [1.54, 1.807) is 52.0 Å². The molecule has 14 heteroatoms. The summed E-state index contributed by atoms with van der Waals surface area (Å²) in [5.41, 5.74) is -2.52. The van der Waals surface area contributed by atoms with Crippen LogP contribution in [0.1, 0.15) is 49.7 Å². The van der Waals surface area contributed by atoms with Gasteiger partial charge in [-0.25, -0.2) is 13.2 Å². The number of ether oxygens (including phenoxy) is 1. The van der Waals surface area contributed by atoms with Crippen molar-refractivity contribution in [2.75, 3.05) is 13.1 Å². The average Bonchev–Trinajstić information content (AvgIpc) is 3.20. The van der Waals surface area contributed by atoms with E-state index in [0.717, 1.165) is 16.7 Å². The zero-order chi connectivity index (χ0) is 29.6. The Balaban J connectivity index is 0.00000800. The number of nitrogens with one attached hydrogen (secondary N) is 3. The molecule has 1 heterocycles. The normalized spacial score (nSPS) is 19.2. The van der Waals surface area contributed by atoms with Crippen LogP contribution in [-0.2, 0) is 24.4 Å². The van der Waals surface area contributed by atoms with Gasteiger partial charge in [0.1, 0.15) is 22.7 Å². The first-order valence-electron chi connectivity index (χ1n) is 12.9. The fraction of sp³-hybridized carbons (Fsp3) is 0.625. The van der Waals surface area contributed by atoms with E-state index in [2.05, 4.69) is 16.0 Å². The van der Waals surface area contributed by atoms with E-state index < -0.39 is 62.8 Å². The van der Waals surface area contributed by atoms with Crippen molar-refractivity contribution in [3.8, 4) is 0 Å². The third-order valence-electron chi connectivity index (χ3n) is 5.49. The third kappa shape index (κ3) is 11.8. The minimum atomic E-state index is -5.25. The van der Waals surface area contributed by atoms with E-state index in [9.17, 15) is 32.5 Å². The van der Waals surface area contributed by atoms with Crippen molar-refractivity contribution in [2.24, 2.45) is 11.8 Å². The number of hydrogen-bond acceptors (Lipinski definition) is 9. The Morgan fingerprint density at radius 1 is 1.29 bits per heavy atom. The number of alkyl carbamates (subject to hydrolysis) is 1. The molecule has 1 saturated heterocycles. The van der Waals surface area contributed by atoms with Gasteiger partial charge in [0.2, 0.25) is 11.8 Å². The topological polar surface area (TPSA) is 174 Å². The predicted molar refractivity (Wildman–Crippen MR) is 137 cm³/mol. The molecule has 1 unspecified atom stereocenters. The standard InChI is InChI=1S/C24H37N3O8S2.Na/c1-15(2)12-18(27-23(31)35-14-24(3,4)36-17-8-6-5-7-9-17)21(29)26-19(22(30)37(32,33)34)13-16-10-11-25-20(16)28;/h5-9,15-16,18-19,22,30H,10-14H2,1-4H3,(H,25,28)(H,26,29)(H,27,31)(H,32,33,34);/q;+1/p-1/t16-,18-,19-,22?;/m0./s1/i14D2;. The smallest absolute Gasteiger partial charge is 0.746 e.